The molecule has 2 atom stereocenters. The van der Waals surface area contributed by atoms with Crippen LogP contribution in [0.15, 0.2) is 24.5 Å². The van der Waals surface area contributed by atoms with Crippen LogP contribution in [0.2, 0.25) is 0 Å². The molecule has 0 aromatic carbocycles. The number of carbonyl (C=O) groups excluding carboxylic acids is 2. The van der Waals surface area contributed by atoms with E-state index >= 15 is 0 Å². The van der Waals surface area contributed by atoms with Crippen molar-refractivity contribution >= 4 is 11.9 Å². The molecule has 2 N–H and O–H groups in total. The molecule has 6 heteroatoms. The third-order valence-electron chi connectivity index (χ3n) is 3.40. The Morgan fingerprint density at radius 1 is 1.14 bits per heavy atom. The lowest BCUT2D eigenvalue weighted by molar-refractivity contribution is -0.121. The highest BCUT2D eigenvalue weighted by Crippen LogP contribution is 2.17. The Kier molecular flexibility index (Phi) is 6.82. The summed E-state index contributed by atoms with van der Waals surface area (Å²) in [6.45, 7) is 7.59. The molecule has 1 aromatic rings. The van der Waals surface area contributed by atoms with Crippen molar-refractivity contribution in [2.45, 2.75) is 52.2 Å². The minimum atomic E-state index is -0.224. The van der Waals surface area contributed by atoms with Gasteiger partial charge < -0.3 is 15.5 Å². The van der Waals surface area contributed by atoms with Gasteiger partial charge in [-0.1, -0.05) is 0 Å². The number of carbonyl (C=O) groups is 2. The fourth-order valence-corrected chi connectivity index (χ4v) is 2.06. The van der Waals surface area contributed by atoms with Crippen LogP contribution in [0.1, 0.15) is 45.7 Å². The molecule has 1 heterocycles. The van der Waals surface area contributed by atoms with E-state index in [1.807, 2.05) is 39.8 Å². The van der Waals surface area contributed by atoms with Gasteiger partial charge in [-0.2, -0.15) is 0 Å². The summed E-state index contributed by atoms with van der Waals surface area (Å²) in [5.74, 6) is -0.0624. The summed E-state index contributed by atoms with van der Waals surface area (Å²) in [6.07, 6.45) is 3.67. The summed E-state index contributed by atoms with van der Waals surface area (Å²) in [5, 5.41) is 5.66. The van der Waals surface area contributed by atoms with E-state index in [0.29, 0.717) is 0 Å². The fraction of sp³-hybridized carbons (Fsp3) is 0.562. The summed E-state index contributed by atoms with van der Waals surface area (Å²) in [5.41, 5.74) is 1.01. The Bertz CT molecular complexity index is 490. The van der Waals surface area contributed by atoms with E-state index < -0.39 is 0 Å². The minimum absolute atomic E-state index is 0.0624. The number of hydrogen-bond donors (Lipinski definition) is 2. The van der Waals surface area contributed by atoms with E-state index in [-0.39, 0.29) is 36.5 Å². The first-order valence-corrected chi connectivity index (χ1v) is 7.53. The summed E-state index contributed by atoms with van der Waals surface area (Å²) in [7, 11) is 1.74. The van der Waals surface area contributed by atoms with Crippen LogP contribution in [0.25, 0.3) is 0 Å². The molecule has 0 aliphatic rings. The van der Waals surface area contributed by atoms with Gasteiger partial charge in [0.15, 0.2) is 0 Å². The van der Waals surface area contributed by atoms with Gasteiger partial charge in [0, 0.05) is 37.9 Å². The topological polar surface area (TPSA) is 74.3 Å². The van der Waals surface area contributed by atoms with Gasteiger partial charge in [-0.15, -0.1) is 0 Å². The molecule has 0 aliphatic carbocycles. The molecule has 0 bridgehead atoms. The first kappa shape index (κ1) is 17.9. The summed E-state index contributed by atoms with van der Waals surface area (Å²) in [6, 6.07) is 3.37. The smallest absolute Gasteiger partial charge is 0.317 e. The first-order chi connectivity index (χ1) is 10.3. The Labute approximate surface area is 132 Å². The Balaban J connectivity index is 2.51. The molecule has 1 aromatic heterocycles. The monoisotopic (exact) mass is 306 g/mol. The molecule has 2 unspecified atom stereocenters. The van der Waals surface area contributed by atoms with Gasteiger partial charge in [0.25, 0.3) is 0 Å². The fourth-order valence-electron chi connectivity index (χ4n) is 2.06. The van der Waals surface area contributed by atoms with E-state index in [9.17, 15) is 9.59 Å². The number of pyridine rings is 1. The van der Waals surface area contributed by atoms with E-state index in [4.69, 9.17) is 0 Å². The molecule has 0 radical (unpaired) electrons. The van der Waals surface area contributed by atoms with Crippen molar-refractivity contribution in [1.29, 1.82) is 0 Å². The van der Waals surface area contributed by atoms with Gasteiger partial charge in [-0.05, 0) is 45.4 Å². The second-order valence-corrected chi connectivity index (χ2v) is 5.84. The molecule has 3 amide bonds. The van der Waals surface area contributed by atoms with E-state index in [1.54, 1.807) is 24.3 Å². The number of amides is 3. The molecule has 122 valence electrons. The van der Waals surface area contributed by atoms with Crippen molar-refractivity contribution in [3.8, 4) is 0 Å². The molecule has 0 saturated carbocycles. The molecule has 22 heavy (non-hydrogen) atoms. The van der Waals surface area contributed by atoms with Crippen LogP contribution < -0.4 is 10.6 Å². The lowest BCUT2D eigenvalue weighted by Crippen LogP contribution is -2.45. The second-order valence-electron chi connectivity index (χ2n) is 5.84. The van der Waals surface area contributed by atoms with Crippen LogP contribution in [0.5, 0.6) is 0 Å². The summed E-state index contributed by atoms with van der Waals surface area (Å²) < 4.78 is 0. The van der Waals surface area contributed by atoms with Gasteiger partial charge in [-0.3, -0.25) is 9.78 Å². The lowest BCUT2D eigenvalue weighted by atomic mass is 10.1. The normalized spacial score (nSPS) is 13.4. The van der Waals surface area contributed by atoms with E-state index in [0.717, 1.165) is 5.56 Å². The van der Waals surface area contributed by atoms with Gasteiger partial charge >= 0.3 is 6.03 Å². The highest BCUT2D eigenvalue weighted by molar-refractivity contribution is 5.79. The van der Waals surface area contributed by atoms with Gasteiger partial charge in [0.05, 0.1) is 6.04 Å². The Morgan fingerprint density at radius 3 is 2.27 bits per heavy atom. The average molecular weight is 306 g/mol. The third kappa shape index (κ3) is 5.71. The SMILES string of the molecule is CC(C)NC(=O)CC(C)NC(=O)N(C)C(C)c1ccncc1. The van der Waals surface area contributed by atoms with Crippen LogP contribution in [-0.4, -0.2) is 41.0 Å². The zero-order valence-electron chi connectivity index (χ0n) is 14.0. The van der Waals surface area contributed by atoms with Crippen molar-refractivity contribution in [2.75, 3.05) is 7.05 Å². The van der Waals surface area contributed by atoms with Crippen molar-refractivity contribution in [3.05, 3.63) is 30.1 Å². The Hall–Kier alpha value is -2.11. The molecule has 0 aliphatic heterocycles. The van der Waals surface area contributed by atoms with Crippen molar-refractivity contribution in [3.63, 3.8) is 0 Å². The predicted molar refractivity (Wildman–Crippen MR) is 86.3 cm³/mol. The van der Waals surface area contributed by atoms with Gasteiger partial charge in [-0.25, -0.2) is 4.79 Å². The first-order valence-electron chi connectivity index (χ1n) is 7.53. The number of nitrogens with zero attached hydrogens (tertiary/aromatic N) is 2. The Morgan fingerprint density at radius 2 is 1.73 bits per heavy atom. The maximum atomic E-state index is 12.2. The van der Waals surface area contributed by atoms with E-state index in [1.165, 1.54) is 0 Å². The van der Waals surface area contributed by atoms with Crippen LogP contribution in [0, 0.1) is 0 Å². The number of hydrogen-bond acceptors (Lipinski definition) is 3. The minimum Gasteiger partial charge on any atom is -0.354 e. The summed E-state index contributed by atoms with van der Waals surface area (Å²) in [4.78, 5) is 29.5. The van der Waals surface area contributed by atoms with Gasteiger partial charge in [0.2, 0.25) is 5.91 Å². The highest BCUT2D eigenvalue weighted by atomic mass is 16.2. The second kappa shape index (κ2) is 8.36. The van der Waals surface area contributed by atoms with Crippen molar-refractivity contribution < 1.29 is 9.59 Å². The molecule has 6 nitrogen and oxygen atoms in total. The number of aromatic nitrogens is 1. The quantitative estimate of drug-likeness (QED) is 0.845. The number of nitrogens with one attached hydrogen (secondary N) is 2. The van der Waals surface area contributed by atoms with Crippen molar-refractivity contribution in [2.24, 2.45) is 0 Å². The van der Waals surface area contributed by atoms with Crippen LogP contribution >= 0.6 is 0 Å². The lowest BCUT2D eigenvalue weighted by Gasteiger charge is -2.27. The highest BCUT2D eigenvalue weighted by Gasteiger charge is 2.19. The van der Waals surface area contributed by atoms with Crippen LogP contribution in [0.4, 0.5) is 4.79 Å². The van der Waals surface area contributed by atoms with Gasteiger partial charge in [0.1, 0.15) is 0 Å². The largest absolute Gasteiger partial charge is 0.354 e. The maximum absolute atomic E-state index is 12.2. The molecule has 0 spiro atoms. The van der Waals surface area contributed by atoms with E-state index in [2.05, 4.69) is 15.6 Å². The predicted octanol–water partition coefficient (Wildman–Crippen LogP) is 2.09. The molecular formula is C16H26N4O2. The van der Waals surface area contributed by atoms with Crippen LogP contribution in [0.3, 0.4) is 0 Å². The summed E-state index contributed by atoms with van der Waals surface area (Å²) >= 11 is 0. The number of rotatable bonds is 6. The van der Waals surface area contributed by atoms with Crippen LogP contribution in [-0.2, 0) is 4.79 Å². The zero-order chi connectivity index (χ0) is 16.7. The molecule has 0 fully saturated rings. The third-order valence-corrected chi connectivity index (χ3v) is 3.40. The molecule has 0 saturated heterocycles. The van der Waals surface area contributed by atoms with Crippen molar-refractivity contribution in [1.82, 2.24) is 20.5 Å². The number of urea groups is 1. The molecule has 1 rings (SSSR count). The zero-order valence-corrected chi connectivity index (χ0v) is 14.0. The maximum Gasteiger partial charge on any atom is 0.317 e. The molecular weight excluding hydrogens is 280 g/mol. The average Bonchev–Trinajstić information content (AvgIpc) is 2.45. The standard InChI is InChI=1S/C16H26N4O2/c1-11(2)18-15(21)10-12(3)19-16(22)20(5)13(4)14-6-8-17-9-7-14/h6-9,11-13H,10H2,1-5H3,(H,18,21)(H,19,22).